The van der Waals surface area contributed by atoms with E-state index in [4.69, 9.17) is 0 Å². The van der Waals surface area contributed by atoms with Gasteiger partial charge in [-0.15, -0.1) is 0 Å². The zero-order valence-corrected chi connectivity index (χ0v) is 5.15. The maximum atomic E-state index is 3.04. The predicted octanol–water partition coefficient (Wildman–Crippen LogP) is 1.90. The monoisotopic (exact) mass is 104 g/mol. The van der Waals surface area contributed by atoms with Gasteiger partial charge in [-0.1, -0.05) is 12.1 Å². The summed E-state index contributed by atoms with van der Waals surface area (Å²) in [4.78, 5) is 0. The highest BCUT2D eigenvalue weighted by molar-refractivity contribution is 5.16. The summed E-state index contributed by atoms with van der Waals surface area (Å²) < 4.78 is 0. The Labute approximate surface area is 50.2 Å². The zero-order valence-electron chi connectivity index (χ0n) is 5.15. The third-order valence-corrected chi connectivity index (χ3v) is 1.03. The molecule has 8 heavy (non-hydrogen) atoms. The van der Waals surface area contributed by atoms with Crippen LogP contribution in [0.5, 0.6) is 0 Å². The molecule has 0 aromatic heterocycles. The highest BCUT2D eigenvalue weighted by atomic mass is 13.9. The molecular formula is C8H8. The Morgan fingerprint density at radius 1 is 1.12 bits per heavy atom. The van der Waals surface area contributed by atoms with Crippen molar-refractivity contribution >= 4 is 0 Å². The maximum Gasteiger partial charge on any atom is -0.0143 e. The van der Waals surface area contributed by atoms with Crippen LogP contribution in [0.25, 0.3) is 0 Å². The largest absolute Gasteiger partial charge is 0.0511 e. The van der Waals surface area contributed by atoms with Crippen LogP contribution in [0.15, 0.2) is 12.1 Å². The summed E-state index contributed by atoms with van der Waals surface area (Å²) in [6.45, 7) is 4.02. The second-order valence-electron chi connectivity index (χ2n) is 1.95. The molecule has 0 amide bonds. The lowest BCUT2D eigenvalue weighted by atomic mass is 10.2. The molecule has 1 aromatic rings. The molecule has 0 spiro atoms. The van der Waals surface area contributed by atoms with Crippen molar-refractivity contribution in [1.29, 1.82) is 0 Å². The fourth-order valence-corrected chi connectivity index (χ4v) is 0.528. The quantitative estimate of drug-likeness (QED) is 0.471. The molecule has 0 heterocycles. The van der Waals surface area contributed by atoms with Crippen LogP contribution in [-0.2, 0) is 0 Å². The van der Waals surface area contributed by atoms with E-state index < -0.39 is 0 Å². The van der Waals surface area contributed by atoms with Crippen LogP contribution in [0.3, 0.4) is 0 Å². The molecule has 0 aliphatic rings. The van der Waals surface area contributed by atoms with E-state index in [1.54, 1.807) is 0 Å². The van der Waals surface area contributed by atoms with Gasteiger partial charge in [-0.3, -0.25) is 0 Å². The fourth-order valence-electron chi connectivity index (χ4n) is 0.528. The van der Waals surface area contributed by atoms with E-state index in [0.29, 0.717) is 0 Å². The minimum atomic E-state index is 1.08. The Hall–Kier alpha value is -0.780. The standard InChI is InChI=1S/C8H8/c1-7-3-5-8(2)6-4-7/h3-4H,1-2H3. The number of benzene rings is 1. The second kappa shape index (κ2) is 1.99. The molecule has 0 unspecified atom stereocenters. The van der Waals surface area contributed by atoms with Gasteiger partial charge in [0.1, 0.15) is 0 Å². The van der Waals surface area contributed by atoms with Crippen molar-refractivity contribution in [2.45, 2.75) is 13.8 Å². The van der Waals surface area contributed by atoms with Crippen LogP contribution in [0.4, 0.5) is 0 Å². The van der Waals surface area contributed by atoms with Crippen LogP contribution in [0.2, 0.25) is 0 Å². The van der Waals surface area contributed by atoms with E-state index in [-0.39, 0.29) is 0 Å². The number of hydrogen-bond acceptors (Lipinski definition) is 0. The molecule has 0 nitrogen and oxygen atoms in total. The summed E-state index contributed by atoms with van der Waals surface area (Å²) in [5.74, 6) is 0. The van der Waals surface area contributed by atoms with Crippen molar-refractivity contribution in [3.63, 3.8) is 0 Å². The SMILES string of the molecule is Cc1[c]cc(C)c[c]1. The Morgan fingerprint density at radius 3 is 2.00 bits per heavy atom. The van der Waals surface area contributed by atoms with E-state index in [9.17, 15) is 0 Å². The first-order chi connectivity index (χ1) is 3.79. The fraction of sp³-hybridized carbons (Fsp3) is 0.250. The Morgan fingerprint density at radius 2 is 1.62 bits per heavy atom. The molecule has 0 bridgehead atoms. The molecule has 0 saturated heterocycles. The van der Waals surface area contributed by atoms with Crippen LogP contribution in [0.1, 0.15) is 11.1 Å². The first-order valence-corrected chi connectivity index (χ1v) is 2.65. The minimum Gasteiger partial charge on any atom is -0.0511 e. The van der Waals surface area contributed by atoms with Crippen LogP contribution >= 0.6 is 0 Å². The third-order valence-electron chi connectivity index (χ3n) is 1.03. The molecule has 0 N–H and O–H groups in total. The molecule has 0 fully saturated rings. The lowest BCUT2D eigenvalue weighted by Crippen LogP contribution is -1.72. The molecule has 0 aliphatic carbocycles. The van der Waals surface area contributed by atoms with E-state index in [2.05, 4.69) is 12.1 Å². The molecule has 0 saturated carbocycles. The number of rotatable bonds is 0. The molecule has 2 radical (unpaired) electrons. The van der Waals surface area contributed by atoms with Gasteiger partial charge in [0.2, 0.25) is 0 Å². The first kappa shape index (κ1) is 5.36. The summed E-state index contributed by atoms with van der Waals surface area (Å²) in [5, 5.41) is 0. The van der Waals surface area contributed by atoms with Gasteiger partial charge >= 0.3 is 0 Å². The summed E-state index contributed by atoms with van der Waals surface area (Å²) in [7, 11) is 0. The molecule has 1 aromatic carbocycles. The number of hydrogen-bond donors (Lipinski definition) is 0. The molecule has 0 atom stereocenters. The van der Waals surface area contributed by atoms with Gasteiger partial charge in [0, 0.05) is 0 Å². The van der Waals surface area contributed by atoms with Crippen LogP contribution in [0, 0.1) is 26.0 Å². The second-order valence-corrected chi connectivity index (χ2v) is 1.95. The van der Waals surface area contributed by atoms with Gasteiger partial charge in [0.15, 0.2) is 0 Å². The Kier molecular flexibility index (Phi) is 1.34. The van der Waals surface area contributed by atoms with Gasteiger partial charge in [0.05, 0.1) is 0 Å². The van der Waals surface area contributed by atoms with Gasteiger partial charge in [-0.05, 0) is 37.1 Å². The topological polar surface area (TPSA) is 0 Å². The normalized spacial score (nSPS) is 9.25. The van der Waals surface area contributed by atoms with Crippen molar-refractivity contribution in [3.05, 3.63) is 35.4 Å². The van der Waals surface area contributed by atoms with Crippen LogP contribution < -0.4 is 0 Å². The smallest absolute Gasteiger partial charge is 0.0143 e. The van der Waals surface area contributed by atoms with Gasteiger partial charge < -0.3 is 0 Å². The van der Waals surface area contributed by atoms with Gasteiger partial charge in [0.25, 0.3) is 0 Å². The van der Waals surface area contributed by atoms with E-state index >= 15 is 0 Å². The maximum absolute atomic E-state index is 3.04. The molecule has 40 valence electrons. The number of aryl methyl sites for hydroxylation is 2. The lowest BCUT2D eigenvalue weighted by molar-refractivity contribution is 1.38. The summed E-state index contributed by atoms with van der Waals surface area (Å²) >= 11 is 0. The van der Waals surface area contributed by atoms with E-state index in [1.807, 2.05) is 26.0 Å². The van der Waals surface area contributed by atoms with Crippen molar-refractivity contribution in [2.24, 2.45) is 0 Å². The average molecular weight is 104 g/mol. The van der Waals surface area contributed by atoms with Gasteiger partial charge in [-0.25, -0.2) is 0 Å². The van der Waals surface area contributed by atoms with Crippen molar-refractivity contribution in [1.82, 2.24) is 0 Å². The minimum absolute atomic E-state index is 1.08. The highest BCUT2D eigenvalue weighted by Gasteiger charge is 1.81. The summed E-state index contributed by atoms with van der Waals surface area (Å²) in [6, 6.07) is 10.0. The van der Waals surface area contributed by atoms with Crippen molar-refractivity contribution < 1.29 is 0 Å². The van der Waals surface area contributed by atoms with Crippen LogP contribution in [-0.4, -0.2) is 0 Å². The molecule has 1 rings (SSSR count). The summed E-state index contributed by atoms with van der Waals surface area (Å²) in [6.07, 6.45) is 0. The first-order valence-electron chi connectivity index (χ1n) is 2.65. The van der Waals surface area contributed by atoms with Crippen molar-refractivity contribution in [2.75, 3.05) is 0 Å². The van der Waals surface area contributed by atoms with E-state index in [0.717, 1.165) is 5.56 Å². The Balaban J connectivity index is 3.03. The molecule has 0 heteroatoms. The molecular weight excluding hydrogens is 96.1 g/mol. The highest BCUT2D eigenvalue weighted by Crippen LogP contribution is 1.97. The third kappa shape index (κ3) is 1.09. The zero-order chi connectivity index (χ0) is 5.98. The van der Waals surface area contributed by atoms with E-state index in [1.165, 1.54) is 5.56 Å². The predicted molar refractivity (Wildman–Crippen MR) is 33.6 cm³/mol. The van der Waals surface area contributed by atoms with Gasteiger partial charge in [-0.2, -0.15) is 0 Å². The average Bonchev–Trinajstić information content (AvgIpc) is 1.77. The van der Waals surface area contributed by atoms with Crippen molar-refractivity contribution in [3.8, 4) is 0 Å². The Bertz CT molecular complexity index is 139. The molecule has 0 aliphatic heterocycles. The lowest BCUT2D eigenvalue weighted by Gasteiger charge is -1.88. The summed E-state index contributed by atoms with van der Waals surface area (Å²) in [5.41, 5.74) is 2.30.